The summed E-state index contributed by atoms with van der Waals surface area (Å²) in [4.78, 5) is 5.12. The molecule has 1 aliphatic carbocycles. The molecule has 2 fully saturated rings. The Morgan fingerprint density at radius 1 is 1.11 bits per heavy atom. The van der Waals surface area contributed by atoms with Crippen LogP contribution in [-0.2, 0) is 0 Å². The van der Waals surface area contributed by atoms with E-state index in [4.69, 9.17) is 0 Å². The van der Waals surface area contributed by atoms with Crippen LogP contribution >= 0.6 is 0 Å². The van der Waals surface area contributed by atoms with Gasteiger partial charge in [0.25, 0.3) is 0 Å². The van der Waals surface area contributed by atoms with Crippen LogP contribution in [0.2, 0.25) is 0 Å². The van der Waals surface area contributed by atoms with Crippen molar-refractivity contribution in [3.05, 3.63) is 0 Å². The van der Waals surface area contributed by atoms with Gasteiger partial charge in [-0.25, -0.2) is 0 Å². The van der Waals surface area contributed by atoms with Crippen LogP contribution in [0.4, 0.5) is 0 Å². The van der Waals surface area contributed by atoms with Crippen LogP contribution in [0.15, 0.2) is 0 Å². The Morgan fingerprint density at radius 3 is 2.37 bits per heavy atom. The Bertz CT molecular complexity index is 261. The number of hydrogen-bond donors (Lipinski definition) is 1. The van der Waals surface area contributed by atoms with Crippen molar-refractivity contribution in [2.75, 3.05) is 32.7 Å². The largest absolute Gasteiger partial charge is 0.391 e. The SMILES string of the molecule is CCCN1CCN(C2CC(C(C)C)CCC2O)CC1. The number of aliphatic hydroxyl groups is 1. The highest BCUT2D eigenvalue weighted by molar-refractivity contribution is 4.89. The maximum absolute atomic E-state index is 10.3. The van der Waals surface area contributed by atoms with Gasteiger partial charge in [-0.05, 0) is 44.1 Å². The number of hydrogen-bond acceptors (Lipinski definition) is 3. The molecule has 112 valence electrons. The third-order valence-corrected chi connectivity index (χ3v) is 5.18. The van der Waals surface area contributed by atoms with Gasteiger partial charge in [0.2, 0.25) is 0 Å². The van der Waals surface area contributed by atoms with Crippen LogP contribution in [0.5, 0.6) is 0 Å². The molecule has 19 heavy (non-hydrogen) atoms. The molecule has 1 aliphatic heterocycles. The maximum atomic E-state index is 10.3. The number of rotatable bonds is 4. The first-order valence-electron chi connectivity index (χ1n) is 8.26. The van der Waals surface area contributed by atoms with Gasteiger partial charge in [-0.1, -0.05) is 20.8 Å². The zero-order valence-electron chi connectivity index (χ0n) is 13.0. The van der Waals surface area contributed by atoms with E-state index in [1.807, 2.05) is 0 Å². The maximum Gasteiger partial charge on any atom is 0.0695 e. The molecule has 1 saturated heterocycles. The van der Waals surface area contributed by atoms with Gasteiger partial charge in [-0.15, -0.1) is 0 Å². The predicted molar refractivity (Wildman–Crippen MR) is 80.3 cm³/mol. The average molecular weight is 268 g/mol. The molecule has 1 N–H and O–H groups in total. The van der Waals surface area contributed by atoms with E-state index in [0.29, 0.717) is 6.04 Å². The van der Waals surface area contributed by atoms with Crippen molar-refractivity contribution < 1.29 is 5.11 Å². The zero-order chi connectivity index (χ0) is 13.8. The van der Waals surface area contributed by atoms with Crippen molar-refractivity contribution in [2.24, 2.45) is 11.8 Å². The zero-order valence-corrected chi connectivity index (χ0v) is 13.0. The Morgan fingerprint density at radius 2 is 1.79 bits per heavy atom. The highest BCUT2D eigenvalue weighted by atomic mass is 16.3. The second kappa shape index (κ2) is 7.05. The van der Waals surface area contributed by atoms with Gasteiger partial charge in [-0.3, -0.25) is 4.90 Å². The van der Waals surface area contributed by atoms with Gasteiger partial charge in [0.1, 0.15) is 0 Å². The third kappa shape index (κ3) is 3.93. The topological polar surface area (TPSA) is 26.7 Å². The van der Waals surface area contributed by atoms with Gasteiger partial charge in [0, 0.05) is 32.2 Å². The van der Waals surface area contributed by atoms with Gasteiger partial charge in [0.05, 0.1) is 6.10 Å². The van der Waals surface area contributed by atoms with Crippen molar-refractivity contribution in [2.45, 2.75) is 58.6 Å². The van der Waals surface area contributed by atoms with E-state index in [0.717, 1.165) is 31.3 Å². The highest BCUT2D eigenvalue weighted by Crippen LogP contribution is 2.33. The first-order valence-corrected chi connectivity index (χ1v) is 8.26. The average Bonchev–Trinajstić information content (AvgIpc) is 2.40. The Labute approximate surface area is 119 Å². The fourth-order valence-electron chi connectivity index (χ4n) is 3.80. The summed E-state index contributed by atoms with van der Waals surface area (Å²) in [7, 11) is 0. The molecule has 0 spiro atoms. The van der Waals surface area contributed by atoms with Crippen LogP contribution < -0.4 is 0 Å². The molecule has 3 heteroatoms. The minimum atomic E-state index is -0.0901. The molecule has 3 unspecified atom stereocenters. The summed E-state index contributed by atoms with van der Waals surface area (Å²) < 4.78 is 0. The van der Waals surface area contributed by atoms with Crippen LogP contribution in [-0.4, -0.2) is 59.8 Å². The molecule has 0 bridgehead atoms. The molecule has 1 saturated carbocycles. The van der Waals surface area contributed by atoms with Crippen molar-refractivity contribution in [3.8, 4) is 0 Å². The van der Waals surface area contributed by atoms with Gasteiger partial charge >= 0.3 is 0 Å². The quantitative estimate of drug-likeness (QED) is 0.847. The van der Waals surface area contributed by atoms with Crippen molar-refractivity contribution in [1.82, 2.24) is 9.80 Å². The predicted octanol–water partition coefficient (Wildman–Crippen LogP) is 2.20. The Hall–Kier alpha value is -0.120. The van der Waals surface area contributed by atoms with E-state index in [1.54, 1.807) is 0 Å². The van der Waals surface area contributed by atoms with E-state index in [-0.39, 0.29) is 6.10 Å². The molecule has 3 nitrogen and oxygen atoms in total. The summed E-state index contributed by atoms with van der Waals surface area (Å²) in [5.41, 5.74) is 0. The molecule has 1 heterocycles. The second-order valence-electron chi connectivity index (χ2n) is 6.83. The van der Waals surface area contributed by atoms with Crippen molar-refractivity contribution >= 4 is 0 Å². The molecule has 2 aliphatic rings. The van der Waals surface area contributed by atoms with E-state index in [9.17, 15) is 5.11 Å². The minimum absolute atomic E-state index is 0.0901. The molecule has 0 aromatic carbocycles. The molecule has 0 amide bonds. The number of nitrogens with zero attached hydrogens (tertiary/aromatic N) is 2. The summed E-state index contributed by atoms with van der Waals surface area (Å²) >= 11 is 0. The third-order valence-electron chi connectivity index (χ3n) is 5.18. The van der Waals surface area contributed by atoms with Crippen LogP contribution in [0.25, 0.3) is 0 Å². The lowest BCUT2D eigenvalue weighted by Gasteiger charge is -2.45. The van der Waals surface area contributed by atoms with Gasteiger partial charge < -0.3 is 10.0 Å². The van der Waals surface area contributed by atoms with Crippen LogP contribution in [0.3, 0.4) is 0 Å². The lowest BCUT2D eigenvalue weighted by molar-refractivity contribution is -0.0230. The van der Waals surface area contributed by atoms with Crippen LogP contribution in [0, 0.1) is 11.8 Å². The molecule has 0 aromatic rings. The summed E-state index contributed by atoms with van der Waals surface area (Å²) in [5.74, 6) is 1.57. The summed E-state index contributed by atoms with van der Waals surface area (Å²) in [6, 6.07) is 0.421. The minimum Gasteiger partial charge on any atom is -0.391 e. The first kappa shape index (κ1) is 15.3. The Kier molecular flexibility index (Phi) is 5.67. The summed E-state index contributed by atoms with van der Waals surface area (Å²) in [6.45, 7) is 12.8. The van der Waals surface area contributed by atoms with Crippen molar-refractivity contribution in [1.29, 1.82) is 0 Å². The van der Waals surface area contributed by atoms with E-state index < -0.39 is 0 Å². The van der Waals surface area contributed by atoms with Gasteiger partial charge in [-0.2, -0.15) is 0 Å². The second-order valence-corrected chi connectivity index (χ2v) is 6.83. The number of aliphatic hydroxyl groups excluding tert-OH is 1. The van der Waals surface area contributed by atoms with E-state index >= 15 is 0 Å². The fourth-order valence-corrected chi connectivity index (χ4v) is 3.80. The normalized spacial score (nSPS) is 34.9. The van der Waals surface area contributed by atoms with E-state index in [2.05, 4.69) is 30.6 Å². The summed E-state index contributed by atoms with van der Waals surface area (Å²) in [6.07, 6.45) is 4.58. The molecule has 2 rings (SSSR count). The number of piperazine rings is 1. The monoisotopic (exact) mass is 268 g/mol. The smallest absolute Gasteiger partial charge is 0.0695 e. The highest BCUT2D eigenvalue weighted by Gasteiger charge is 2.35. The molecule has 0 aromatic heterocycles. The summed E-state index contributed by atoms with van der Waals surface area (Å²) in [5, 5.41) is 10.3. The van der Waals surface area contributed by atoms with Gasteiger partial charge in [0.15, 0.2) is 0 Å². The lowest BCUT2D eigenvalue weighted by atomic mass is 9.77. The fraction of sp³-hybridized carbons (Fsp3) is 1.00. The molecule has 0 radical (unpaired) electrons. The first-order chi connectivity index (χ1) is 9.11. The standard InChI is InChI=1S/C16H32N2O/c1-4-7-17-8-10-18(11-9-17)15-12-14(13(2)3)5-6-16(15)19/h13-16,19H,4-12H2,1-3H3. The van der Waals surface area contributed by atoms with Crippen molar-refractivity contribution in [3.63, 3.8) is 0 Å². The lowest BCUT2D eigenvalue weighted by Crippen LogP contribution is -2.55. The molecular weight excluding hydrogens is 236 g/mol. The Balaban J connectivity index is 1.86. The van der Waals surface area contributed by atoms with E-state index in [1.165, 1.54) is 38.9 Å². The molecular formula is C16H32N2O. The molecule has 3 atom stereocenters. The van der Waals surface area contributed by atoms with Crippen LogP contribution in [0.1, 0.15) is 46.5 Å².